The molecule has 9 rings (SSSR count). The first kappa shape index (κ1) is 53.8. The average Bonchev–Trinajstić information content (AvgIpc) is 3.39. The van der Waals surface area contributed by atoms with Crippen LogP contribution in [0.5, 0.6) is 0 Å². The average molecular weight is 1110 g/mol. The van der Waals surface area contributed by atoms with E-state index in [1.165, 1.54) is 131 Å². The predicted molar refractivity (Wildman–Crippen MR) is 324 cm³/mol. The highest BCUT2D eigenvalue weighted by Gasteiger charge is 2.27. The summed E-state index contributed by atoms with van der Waals surface area (Å²) in [6.45, 7) is 15.7. The van der Waals surface area contributed by atoms with Crippen molar-refractivity contribution in [1.29, 1.82) is 0 Å². The Morgan fingerprint density at radius 1 is 0.324 bits per heavy atom. The van der Waals surface area contributed by atoms with Crippen molar-refractivity contribution in [3.63, 3.8) is 0 Å². The van der Waals surface area contributed by atoms with Gasteiger partial charge in [0.05, 0.1) is 26.4 Å². The van der Waals surface area contributed by atoms with E-state index in [1.54, 1.807) is 0 Å². The molecule has 0 atom stereocenters. The zero-order valence-corrected chi connectivity index (χ0v) is 48.6. The zero-order valence-electron chi connectivity index (χ0n) is 45.5. The molecule has 0 unspecified atom stereocenters. The summed E-state index contributed by atoms with van der Waals surface area (Å²) in [5.74, 6) is 13.9. The van der Waals surface area contributed by atoms with Crippen LogP contribution in [0.2, 0.25) is 0 Å². The number of rotatable bonds is 18. The molecule has 0 saturated heterocycles. The predicted octanol–water partition coefficient (Wildman–Crippen LogP) is 19.1. The Kier molecular flexibility index (Phi) is 17.4. The van der Waals surface area contributed by atoms with Crippen molar-refractivity contribution in [2.24, 2.45) is 0 Å². The topological polar surface area (TPSA) is 36.9 Å². The summed E-state index contributed by atoms with van der Waals surface area (Å²) >= 11 is 7.95. The minimum Gasteiger partial charge on any atom is -0.380 e. The molecule has 0 fully saturated rings. The lowest BCUT2D eigenvalue weighted by Crippen LogP contribution is -2.10. The number of fused-ring (bicyclic) bond motifs is 14. The van der Waals surface area contributed by atoms with E-state index in [2.05, 4.69) is 158 Å². The van der Waals surface area contributed by atoms with E-state index >= 15 is 0 Å². The Balaban J connectivity index is 1.63. The van der Waals surface area contributed by atoms with Gasteiger partial charge in [-0.15, -0.1) is 0 Å². The third-order valence-electron chi connectivity index (χ3n) is 15.2. The van der Waals surface area contributed by atoms with Gasteiger partial charge >= 0.3 is 0 Å². The number of unbranched alkanes of at least 4 members (excludes halogenated alkanes) is 2. The largest absolute Gasteiger partial charge is 0.380 e. The number of ether oxygens (including phenoxy) is 4. The number of methoxy groups -OCH3 is 4. The molecule has 74 heavy (non-hydrogen) atoms. The van der Waals surface area contributed by atoms with Gasteiger partial charge < -0.3 is 18.9 Å². The summed E-state index contributed by atoms with van der Waals surface area (Å²) in [4.78, 5) is 0. The normalized spacial score (nSPS) is 11.8. The first-order chi connectivity index (χ1) is 36.1. The fraction of sp³-hybridized carbons (Fsp3) is 0.382. The van der Waals surface area contributed by atoms with Crippen LogP contribution in [0.1, 0.15) is 149 Å². The van der Waals surface area contributed by atoms with Gasteiger partial charge in [0, 0.05) is 61.4 Å². The highest BCUT2D eigenvalue weighted by molar-refractivity contribution is 9.10. The molecule has 9 aromatic rings. The van der Waals surface area contributed by atoms with Crippen molar-refractivity contribution in [2.75, 3.05) is 28.4 Å². The summed E-state index contributed by atoms with van der Waals surface area (Å²) in [6.07, 6.45) is 11.5. The molecular weight excluding hydrogens is 1040 g/mol. The molecule has 0 aromatic heterocycles. The summed E-state index contributed by atoms with van der Waals surface area (Å²) in [7, 11) is 7.34. The van der Waals surface area contributed by atoms with Crippen LogP contribution in [-0.2, 0) is 71.1 Å². The van der Waals surface area contributed by atoms with Crippen LogP contribution < -0.4 is 0 Å². The van der Waals surface area contributed by atoms with E-state index in [1.807, 2.05) is 28.4 Å². The van der Waals surface area contributed by atoms with Gasteiger partial charge in [-0.05, 0) is 262 Å². The molecule has 0 N–H and O–H groups in total. The van der Waals surface area contributed by atoms with Gasteiger partial charge in [0.2, 0.25) is 0 Å². The molecule has 0 aliphatic carbocycles. The third-order valence-corrected chi connectivity index (χ3v) is 16.5. The fourth-order valence-corrected chi connectivity index (χ4v) is 13.1. The molecule has 0 aliphatic rings. The Bertz CT molecular complexity index is 3540. The maximum absolute atomic E-state index is 6.19. The molecule has 6 heteroatoms. The first-order valence-electron chi connectivity index (χ1n) is 27.2. The summed E-state index contributed by atoms with van der Waals surface area (Å²) in [6, 6.07) is 24.3. The number of halogens is 2. The molecule has 0 bridgehead atoms. The number of hydrogen-bond acceptors (Lipinski definition) is 4. The van der Waals surface area contributed by atoms with Gasteiger partial charge in [0.25, 0.3) is 0 Å². The molecule has 0 amide bonds. The third kappa shape index (κ3) is 9.74. The maximum Gasteiger partial charge on any atom is 0.0719 e. The molecule has 4 nitrogen and oxygen atoms in total. The number of benzene rings is 9. The van der Waals surface area contributed by atoms with Gasteiger partial charge in [-0.25, -0.2) is 0 Å². The van der Waals surface area contributed by atoms with Gasteiger partial charge in [0.1, 0.15) is 0 Å². The van der Waals surface area contributed by atoms with Crippen molar-refractivity contribution >= 4 is 118 Å². The molecular formula is C68H72Br2O4. The van der Waals surface area contributed by atoms with E-state index < -0.39 is 0 Å². The number of hydrogen-bond donors (Lipinski definition) is 0. The minimum atomic E-state index is 0.519. The molecule has 0 radical (unpaired) electrons. The molecule has 382 valence electrons. The van der Waals surface area contributed by atoms with Crippen molar-refractivity contribution in [3.8, 4) is 23.7 Å². The van der Waals surface area contributed by atoms with E-state index in [4.69, 9.17) is 18.9 Å². The quantitative estimate of drug-likeness (QED) is 0.0487. The van der Waals surface area contributed by atoms with E-state index in [0.29, 0.717) is 26.4 Å². The zero-order chi connectivity index (χ0) is 52.2. The van der Waals surface area contributed by atoms with Gasteiger partial charge in [0.15, 0.2) is 0 Å². The molecule has 0 spiro atoms. The lowest BCUT2D eigenvalue weighted by atomic mass is 9.78. The lowest BCUT2D eigenvalue weighted by molar-refractivity contribution is 0.167. The Labute approximate surface area is 456 Å². The maximum atomic E-state index is 6.19. The van der Waals surface area contributed by atoms with Crippen LogP contribution in [0.25, 0.3) is 86.2 Å². The second-order valence-corrected chi connectivity index (χ2v) is 22.0. The van der Waals surface area contributed by atoms with Crippen molar-refractivity contribution in [3.05, 3.63) is 125 Å². The van der Waals surface area contributed by atoms with Crippen LogP contribution in [0.15, 0.2) is 69.6 Å². The summed E-state index contributed by atoms with van der Waals surface area (Å²) in [5, 5.41) is 20.3. The standard InChI is InChI=1S/C68H72Br2O4/c1-11-17-19-25-41-27-43-31-55-51(29-45(43)33-63(41)69)53-35-58-54(36-57(53)67-49(23-15-5)61(39-73-9)59(37-71-7)47(21-13-3)65(55)67)52-30-46-34-64(70)42(26-20-18-12-2)28-44(46)32-56(52)66-48(22-14-4)60(38-72-8)62(40-74-10)50(24-16-6)68(58)66/h27-36H,11-18,21-24,37-40H2,1-10H3. The molecule has 0 saturated carbocycles. The lowest BCUT2D eigenvalue weighted by Gasteiger charge is -2.27. The van der Waals surface area contributed by atoms with Gasteiger partial charge in [-0.3, -0.25) is 0 Å². The van der Waals surface area contributed by atoms with Crippen LogP contribution in [0.4, 0.5) is 0 Å². The van der Waals surface area contributed by atoms with Crippen LogP contribution >= 0.6 is 31.9 Å². The van der Waals surface area contributed by atoms with Crippen LogP contribution in [0.3, 0.4) is 0 Å². The first-order valence-corrected chi connectivity index (χ1v) is 28.8. The monoisotopic (exact) mass is 1110 g/mol. The van der Waals surface area contributed by atoms with Crippen LogP contribution in [-0.4, -0.2) is 28.4 Å². The second kappa shape index (κ2) is 23.9. The fourth-order valence-electron chi connectivity index (χ4n) is 12.2. The van der Waals surface area contributed by atoms with Crippen molar-refractivity contribution in [1.82, 2.24) is 0 Å². The summed E-state index contributed by atoms with van der Waals surface area (Å²) < 4.78 is 26.7. The Hall–Kier alpha value is -5.02. The van der Waals surface area contributed by atoms with Gasteiger partial charge in [-0.2, -0.15) is 0 Å². The van der Waals surface area contributed by atoms with E-state index in [0.717, 1.165) is 97.1 Å². The highest BCUT2D eigenvalue weighted by atomic mass is 79.9. The van der Waals surface area contributed by atoms with Crippen molar-refractivity contribution < 1.29 is 18.9 Å². The van der Waals surface area contributed by atoms with Crippen LogP contribution in [0, 0.1) is 23.7 Å². The molecule has 0 heterocycles. The van der Waals surface area contributed by atoms with E-state index in [9.17, 15) is 0 Å². The minimum absolute atomic E-state index is 0.519. The highest BCUT2D eigenvalue weighted by Crippen LogP contribution is 2.50. The van der Waals surface area contributed by atoms with Crippen molar-refractivity contribution in [2.45, 2.75) is 145 Å². The second-order valence-electron chi connectivity index (χ2n) is 20.3. The molecule has 9 aromatic carbocycles. The summed E-state index contributed by atoms with van der Waals surface area (Å²) in [5.41, 5.74) is 12.6. The van der Waals surface area contributed by atoms with E-state index in [-0.39, 0.29) is 0 Å². The van der Waals surface area contributed by atoms with Gasteiger partial charge in [-0.1, -0.05) is 90.9 Å². The Morgan fingerprint density at radius 3 is 0.878 bits per heavy atom. The smallest absolute Gasteiger partial charge is 0.0719 e. The Morgan fingerprint density at radius 2 is 0.595 bits per heavy atom. The number of aryl methyl sites for hydroxylation is 4. The SMILES string of the molecule is CCCC#Cc1cc2cc3c(cc2cc1Br)c1cc2c(cc1c1c(CCC)c(COC)c(COC)c(CCC)c31)c1cc3cc(Br)c(C#CCCC)cc3cc1c1c(CCC)c(COC)c(COC)c(CCC)c21. The molecule has 0 aliphatic heterocycles.